The van der Waals surface area contributed by atoms with E-state index in [-0.39, 0.29) is 6.61 Å². The van der Waals surface area contributed by atoms with E-state index in [2.05, 4.69) is 9.59 Å². The number of benzene rings is 1. The molecule has 0 aliphatic rings. The van der Waals surface area contributed by atoms with Gasteiger partial charge in [-0.2, -0.15) is 5.26 Å². The molecule has 2 N–H and O–H groups in total. The first-order valence-electron chi connectivity index (χ1n) is 4.49. The van der Waals surface area contributed by atoms with Crippen molar-refractivity contribution in [3.8, 4) is 11.8 Å². The molecule has 0 aliphatic carbocycles. The van der Waals surface area contributed by atoms with Gasteiger partial charge in [-0.05, 0) is 18.2 Å². The van der Waals surface area contributed by atoms with Gasteiger partial charge in [-0.25, -0.2) is 0 Å². The van der Waals surface area contributed by atoms with Crippen LogP contribution in [0.3, 0.4) is 0 Å². The van der Waals surface area contributed by atoms with Crippen molar-refractivity contribution >= 4 is 16.5 Å². The lowest BCUT2D eigenvalue weighted by Gasteiger charge is -2.03. The summed E-state index contributed by atoms with van der Waals surface area (Å²) in [5, 5.41) is 13.1. The minimum Gasteiger partial charge on any atom is -0.487 e. The molecule has 80 valence electrons. The van der Waals surface area contributed by atoms with E-state index in [4.69, 9.17) is 15.7 Å². The lowest BCUT2D eigenvalue weighted by molar-refractivity contribution is 0.302. The number of nitrogens with two attached hydrogens (primary N) is 1. The van der Waals surface area contributed by atoms with Crippen LogP contribution < -0.4 is 10.5 Å². The monoisotopic (exact) mass is 232 g/mol. The van der Waals surface area contributed by atoms with Gasteiger partial charge >= 0.3 is 0 Å². The normalized spacial score (nSPS) is 9.69. The molecular weight excluding hydrogens is 224 g/mol. The van der Waals surface area contributed by atoms with Crippen molar-refractivity contribution in [1.29, 1.82) is 5.26 Å². The largest absolute Gasteiger partial charge is 0.487 e. The zero-order valence-corrected chi connectivity index (χ0v) is 9.07. The fourth-order valence-electron chi connectivity index (χ4n) is 1.12. The van der Waals surface area contributed by atoms with Crippen molar-refractivity contribution in [3.63, 3.8) is 0 Å². The first-order valence-corrected chi connectivity index (χ1v) is 5.26. The second kappa shape index (κ2) is 4.59. The van der Waals surface area contributed by atoms with Crippen LogP contribution in [0.25, 0.3) is 0 Å². The molecule has 0 amide bonds. The summed E-state index contributed by atoms with van der Waals surface area (Å²) < 4.78 is 9.15. The van der Waals surface area contributed by atoms with E-state index in [1.54, 1.807) is 24.3 Å². The summed E-state index contributed by atoms with van der Waals surface area (Å²) in [6, 6.07) is 8.95. The number of nitrogens with zero attached hydrogens (tertiary/aromatic N) is 3. The molecule has 0 unspecified atom stereocenters. The number of nitrogen functional groups attached to an aromatic ring is 1. The standard InChI is InChI=1S/C10H8N4OS/c11-5-7-2-1-3-8(4-7)15-6-9-10(12)16-14-13-9/h1-4H,6,12H2. The summed E-state index contributed by atoms with van der Waals surface area (Å²) in [6.45, 7) is 0.261. The molecule has 2 aromatic rings. The van der Waals surface area contributed by atoms with Gasteiger partial charge in [-0.1, -0.05) is 10.6 Å². The maximum Gasteiger partial charge on any atom is 0.136 e. The molecule has 16 heavy (non-hydrogen) atoms. The summed E-state index contributed by atoms with van der Waals surface area (Å²) in [7, 11) is 0. The van der Waals surface area contributed by atoms with Crippen LogP contribution in [0.1, 0.15) is 11.3 Å². The summed E-state index contributed by atoms with van der Waals surface area (Å²) >= 11 is 1.13. The molecule has 6 heteroatoms. The van der Waals surface area contributed by atoms with Crippen LogP contribution in [0.2, 0.25) is 0 Å². The second-order valence-electron chi connectivity index (χ2n) is 3.01. The highest BCUT2D eigenvalue weighted by molar-refractivity contribution is 7.09. The predicted molar refractivity (Wildman–Crippen MR) is 59.8 cm³/mol. The SMILES string of the molecule is N#Cc1cccc(OCc2nnsc2N)c1. The Morgan fingerprint density at radius 2 is 2.38 bits per heavy atom. The van der Waals surface area contributed by atoms with Crippen LogP contribution in [0.5, 0.6) is 5.75 Å². The highest BCUT2D eigenvalue weighted by Crippen LogP contribution is 2.17. The molecule has 1 heterocycles. The smallest absolute Gasteiger partial charge is 0.136 e. The Morgan fingerprint density at radius 3 is 3.06 bits per heavy atom. The Labute approximate surface area is 96.3 Å². The highest BCUT2D eigenvalue weighted by atomic mass is 32.1. The Hall–Kier alpha value is -2.13. The van der Waals surface area contributed by atoms with Crippen molar-refractivity contribution in [1.82, 2.24) is 9.59 Å². The fourth-order valence-corrected chi connectivity index (χ4v) is 1.56. The molecule has 1 aromatic carbocycles. The molecule has 0 spiro atoms. The van der Waals surface area contributed by atoms with Gasteiger partial charge in [0, 0.05) is 11.5 Å². The van der Waals surface area contributed by atoms with Gasteiger partial charge in [0.2, 0.25) is 0 Å². The zero-order valence-electron chi connectivity index (χ0n) is 8.25. The van der Waals surface area contributed by atoms with E-state index in [1.165, 1.54) is 0 Å². The number of ether oxygens (including phenoxy) is 1. The maximum absolute atomic E-state index is 8.71. The van der Waals surface area contributed by atoms with E-state index < -0.39 is 0 Å². The van der Waals surface area contributed by atoms with Crippen LogP contribution in [-0.2, 0) is 6.61 Å². The molecule has 0 bridgehead atoms. The molecule has 0 radical (unpaired) electrons. The quantitative estimate of drug-likeness (QED) is 0.868. The average Bonchev–Trinajstić information content (AvgIpc) is 2.72. The van der Waals surface area contributed by atoms with E-state index in [0.29, 0.717) is 22.0 Å². The summed E-state index contributed by atoms with van der Waals surface area (Å²) in [6.07, 6.45) is 0. The van der Waals surface area contributed by atoms with E-state index in [0.717, 1.165) is 11.5 Å². The first kappa shape index (κ1) is 10.4. The van der Waals surface area contributed by atoms with Crippen molar-refractivity contribution < 1.29 is 4.74 Å². The summed E-state index contributed by atoms with van der Waals surface area (Å²) in [5.74, 6) is 0.617. The fraction of sp³-hybridized carbons (Fsp3) is 0.100. The molecule has 2 rings (SSSR count). The second-order valence-corrected chi connectivity index (χ2v) is 3.80. The van der Waals surface area contributed by atoms with E-state index in [1.807, 2.05) is 6.07 Å². The number of hydrogen-bond acceptors (Lipinski definition) is 6. The topological polar surface area (TPSA) is 84.8 Å². The predicted octanol–water partition coefficient (Wildman–Crippen LogP) is 1.57. The van der Waals surface area contributed by atoms with Gasteiger partial charge in [-0.15, -0.1) is 5.10 Å². The number of rotatable bonds is 3. The summed E-state index contributed by atoms with van der Waals surface area (Å²) in [5.41, 5.74) is 6.80. The third kappa shape index (κ3) is 2.27. The van der Waals surface area contributed by atoms with Crippen molar-refractivity contribution in [2.45, 2.75) is 6.61 Å². The Morgan fingerprint density at radius 1 is 1.50 bits per heavy atom. The molecule has 0 saturated heterocycles. The van der Waals surface area contributed by atoms with E-state index >= 15 is 0 Å². The van der Waals surface area contributed by atoms with Crippen LogP contribution in [0, 0.1) is 11.3 Å². The minimum atomic E-state index is 0.261. The Kier molecular flexibility index (Phi) is 2.98. The number of nitriles is 1. The van der Waals surface area contributed by atoms with Gasteiger partial charge in [0.25, 0.3) is 0 Å². The molecule has 0 fully saturated rings. The van der Waals surface area contributed by atoms with Gasteiger partial charge in [-0.3, -0.25) is 0 Å². The van der Waals surface area contributed by atoms with Crippen LogP contribution in [0.15, 0.2) is 24.3 Å². The van der Waals surface area contributed by atoms with Crippen LogP contribution in [0.4, 0.5) is 5.00 Å². The highest BCUT2D eigenvalue weighted by Gasteiger charge is 2.05. The zero-order chi connectivity index (χ0) is 11.4. The lowest BCUT2D eigenvalue weighted by atomic mass is 10.2. The van der Waals surface area contributed by atoms with Crippen molar-refractivity contribution in [2.75, 3.05) is 5.73 Å². The van der Waals surface area contributed by atoms with Crippen LogP contribution >= 0.6 is 11.5 Å². The molecule has 0 saturated carbocycles. The number of anilines is 1. The number of aromatic nitrogens is 2. The Balaban J connectivity index is 2.05. The minimum absolute atomic E-state index is 0.261. The lowest BCUT2D eigenvalue weighted by Crippen LogP contribution is -1.99. The molecule has 0 atom stereocenters. The average molecular weight is 232 g/mol. The third-order valence-electron chi connectivity index (χ3n) is 1.92. The van der Waals surface area contributed by atoms with E-state index in [9.17, 15) is 0 Å². The number of hydrogen-bond donors (Lipinski definition) is 1. The summed E-state index contributed by atoms with van der Waals surface area (Å²) in [4.78, 5) is 0. The van der Waals surface area contributed by atoms with Gasteiger partial charge in [0.15, 0.2) is 0 Å². The first-order chi connectivity index (χ1) is 7.79. The van der Waals surface area contributed by atoms with Gasteiger partial charge < -0.3 is 10.5 Å². The molecule has 0 aliphatic heterocycles. The van der Waals surface area contributed by atoms with Gasteiger partial charge in [0.1, 0.15) is 23.1 Å². The molecular formula is C10H8N4OS. The van der Waals surface area contributed by atoms with Gasteiger partial charge in [0.05, 0.1) is 11.6 Å². The van der Waals surface area contributed by atoms with Crippen LogP contribution in [-0.4, -0.2) is 9.59 Å². The molecule has 5 nitrogen and oxygen atoms in total. The maximum atomic E-state index is 8.71. The molecule has 1 aromatic heterocycles. The third-order valence-corrected chi connectivity index (χ3v) is 2.52. The van der Waals surface area contributed by atoms with Crippen molar-refractivity contribution in [2.24, 2.45) is 0 Å². The Bertz CT molecular complexity index is 532. The van der Waals surface area contributed by atoms with Crippen molar-refractivity contribution in [3.05, 3.63) is 35.5 Å².